The molecule has 4 nitrogen and oxygen atoms in total. The number of phenolic OH excluding ortho intramolecular Hbond substituents is 1. The quantitative estimate of drug-likeness (QED) is 0.589. The predicted octanol–water partition coefficient (Wildman–Crippen LogP) is 4.42. The molecule has 0 aliphatic rings. The highest BCUT2D eigenvalue weighted by atomic mass is 16.5. The minimum Gasteiger partial charge on any atom is -0.504 e. The maximum atomic E-state index is 11.9. The first kappa shape index (κ1) is 19.8. The molecule has 0 aromatic heterocycles. The number of carbonyl (C=O) groups excluding carboxylic acids is 1. The molecule has 0 bridgehead atoms. The van der Waals surface area contributed by atoms with E-state index in [1.165, 1.54) is 24.3 Å². The first-order valence-electron chi connectivity index (χ1n) is 8.90. The van der Waals surface area contributed by atoms with Gasteiger partial charge in [-0.25, -0.2) is 0 Å². The summed E-state index contributed by atoms with van der Waals surface area (Å²) in [4.78, 5) is 11.9. The van der Waals surface area contributed by atoms with Crippen LogP contribution in [0, 0.1) is 0 Å². The number of hydrogen-bond acceptors (Lipinski definition) is 4. The summed E-state index contributed by atoms with van der Waals surface area (Å²) < 4.78 is 10.3. The molecule has 0 amide bonds. The van der Waals surface area contributed by atoms with Gasteiger partial charge in [0, 0.05) is 0 Å². The van der Waals surface area contributed by atoms with Crippen molar-refractivity contribution in [2.45, 2.75) is 45.4 Å². The summed E-state index contributed by atoms with van der Waals surface area (Å²) in [5.41, 5.74) is 3.47. The van der Waals surface area contributed by atoms with Crippen LogP contribution in [0.2, 0.25) is 0 Å². The summed E-state index contributed by atoms with van der Waals surface area (Å²) in [5.74, 6) is 0.136. The second-order valence-electron chi connectivity index (χ2n) is 7.45. The minimum atomic E-state index is -0.277. The van der Waals surface area contributed by atoms with Crippen LogP contribution >= 0.6 is 0 Å². The minimum absolute atomic E-state index is 0.0575. The van der Waals surface area contributed by atoms with Gasteiger partial charge in [0.15, 0.2) is 11.5 Å². The van der Waals surface area contributed by atoms with Gasteiger partial charge >= 0.3 is 5.97 Å². The van der Waals surface area contributed by atoms with Crippen LogP contribution in [0.15, 0.2) is 42.5 Å². The van der Waals surface area contributed by atoms with Gasteiger partial charge in [0.1, 0.15) is 0 Å². The highest BCUT2D eigenvalue weighted by Crippen LogP contribution is 2.26. The molecule has 0 aliphatic carbocycles. The maximum Gasteiger partial charge on any atom is 0.310 e. The molecule has 0 saturated heterocycles. The summed E-state index contributed by atoms with van der Waals surface area (Å²) in [6.07, 6.45) is 1.83. The third kappa shape index (κ3) is 5.80. The van der Waals surface area contributed by atoms with Crippen LogP contribution in [-0.2, 0) is 27.8 Å². The Labute approximate surface area is 155 Å². The molecule has 4 heteroatoms. The average Bonchev–Trinajstić information content (AvgIpc) is 2.60. The van der Waals surface area contributed by atoms with Crippen LogP contribution in [0.3, 0.4) is 0 Å². The van der Waals surface area contributed by atoms with Gasteiger partial charge in [-0.1, -0.05) is 51.1 Å². The lowest BCUT2D eigenvalue weighted by Crippen LogP contribution is -2.11. The number of rotatable bonds is 7. The Morgan fingerprint density at radius 1 is 1.04 bits per heavy atom. The van der Waals surface area contributed by atoms with Crippen LogP contribution in [0.5, 0.6) is 11.5 Å². The molecule has 0 atom stereocenters. The second-order valence-corrected chi connectivity index (χ2v) is 7.45. The van der Waals surface area contributed by atoms with E-state index < -0.39 is 0 Å². The van der Waals surface area contributed by atoms with Crippen molar-refractivity contribution in [3.05, 3.63) is 59.2 Å². The van der Waals surface area contributed by atoms with Gasteiger partial charge in [-0.15, -0.1) is 0 Å². The van der Waals surface area contributed by atoms with Crippen molar-refractivity contribution in [3.63, 3.8) is 0 Å². The highest BCUT2D eigenvalue weighted by Gasteiger charge is 2.13. The Morgan fingerprint density at radius 2 is 1.69 bits per heavy atom. The summed E-state index contributed by atoms with van der Waals surface area (Å²) in [6, 6.07) is 13.5. The van der Waals surface area contributed by atoms with Crippen LogP contribution in [0.25, 0.3) is 0 Å². The molecular weight excluding hydrogens is 328 g/mol. The van der Waals surface area contributed by atoms with Gasteiger partial charge in [-0.2, -0.15) is 0 Å². The van der Waals surface area contributed by atoms with Gasteiger partial charge < -0.3 is 14.6 Å². The van der Waals surface area contributed by atoms with Gasteiger partial charge in [-0.3, -0.25) is 4.79 Å². The van der Waals surface area contributed by atoms with E-state index in [0.717, 1.165) is 18.4 Å². The normalized spacial score (nSPS) is 11.2. The number of esters is 1. The third-order valence-electron chi connectivity index (χ3n) is 4.29. The fourth-order valence-electron chi connectivity index (χ4n) is 2.68. The lowest BCUT2D eigenvalue weighted by molar-refractivity contribution is -0.142. The van der Waals surface area contributed by atoms with E-state index in [9.17, 15) is 9.90 Å². The van der Waals surface area contributed by atoms with E-state index in [1.54, 1.807) is 12.1 Å². The molecule has 0 saturated carbocycles. The number of ether oxygens (including phenoxy) is 2. The summed E-state index contributed by atoms with van der Waals surface area (Å²) >= 11 is 0. The van der Waals surface area contributed by atoms with Gasteiger partial charge in [0.2, 0.25) is 0 Å². The molecule has 0 radical (unpaired) electrons. The average molecular weight is 356 g/mol. The van der Waals surface area contributed by atoms with E-state index >= 15 is 0 Å². The van der Waals surface area contributed by atoms with Crippen LogP contribution in [-0.4, -0.2) is 24.8 Å². The molecule has 2 aromatic carbocycles. The van der Waals surface area contributed by atoms with E-state index in [0.29, 0.717) is 12.4 Å². The fourth-order valence-corrected chi connectivity index (χ4v) is 2.68. The van der Waals surface area contributed by atoms with Gasteiger partial charge in [-0.05, 0) is 47.1 Å². The van der Waals surface area contributed by atoms with E-state index in [4.69, 9.17) is 9.47 Å². The number of methoxy groups -OCH3 is 1. The largest absolute Gasteiger partial charge is 0.504 e. The molecule has 140 valence electrons. The monoisotopic (exact) mass is 356 g/mol. The highest BCUT2D eigenvalue weighted by molar-refractivity contribution is 5.72. The van der Waals surface area contributed by atoms with Crippen molar-refractivity contribution in [2.24, 2.45) is 0 Å². The van der Waals surface area contributed by atoms with E-state index in [2.05, 4.69) is 45.0 Å². The number of carbonyl (C=O) groups is 1. The summed E-state index contributed by atoms with van der Waals surface area (Å²) in [5, 5.41) is 9.57. The van der Waals surface area contributed by atoms with Crippen LogP contribution in [0.1, 0.15) is 43.9 Å². The molecule has 0 aliphatic heterocycles. The fraction of sp³-hybridized carbons (Fsp3) is 0.409. The van der Waals surface area contributed by atoms with Crippen molar-refractivity contribution in [1.82, 2.24) is 0 Å². The first-order valence-corrected chi connectivity index (χ1v) is 8.90. The third-order valence-corrected chi connectivity index (χ3v) is 4.29. The summed E-state index contributed by atoms with van der Waals surface area (Å²) in [6.45, 7) is 7.00. The molecule has 2 aromatic rings. The van der Waals surface area contributed by atoms with Crippen LogP contribution < -0.4 is 4.74 Å². The first-order chi connectivity index (χ1) is 12.3. The van der Waals surface area contributed by atoms with Crippen molar-refractivity contribution in [3.8, 4) is 11.5 Å². The van der Waals surface area contributed by atoms with Crippen molar-refractivity contribution in [2.75, 3.05) is 13.7 Å². The molecule has 0 spiro atoms. The molecular formula is C22H28O4. The Hall–Kier alpha value is -2.49. The van der Waals surface area contributed by atoms with Crippen molar-refractivity contribution >= 4 is 5.97 Å². The zero-order valence-corrected chi connectivity index (χ0v) is 16.0. The van der Waals surface area contributed by atoms with Crippen LogP contribution in [0.4, 0.5) is 0 Å². The molecule has 2 rings (SSSR count). The van der Waals surface area contributed by atoms with E-state index in [-0.39, 0.29) is 23.6 Å². The molecule has 0 fully saturated rings. The van der Waals surface area contributed by atoms with E-state index in [1.807, 2.05) is 0 Å². The SMILES string of the molecule is COc1cc(CC(=O)OCCCc2ccc(C(C)(C)C)cc2)ccc1O. The Kier molecular flexibility index (Phi) is 6.67. The topological polar surface area (TPSA) is 55.8 Å². The molecule has 26 heavy (non-hydrogen) atoms. The predicted molar refractivity (Wildman–Crippen MR) is 103 cm³/mol. The standard InChI is InChI=1S/C22H28O4/c1-22(2,3)18-10-7-16(8-11-18)6-5-13-26-21(24)15-17-9-12-19(23)20(14-17)25-4/h7-12,14,23H,5-6,13,15H2,1-4H3. The maximum absolute atomic E-state index is 11.9. The zero-order valence-electron chi connectivity index (χ0n) is 16.0. The lowest BCUT2D eigenvalue weighted by Gasteiger charge is -2.19. The van der Waals surface area contributed by atoms with Crippen molar-refractivity contribution < 1.29 is 19.4 Å². The number of phenols is 1. The second kappa shape index (κ2) is 8.75. The van der Waals surface area contributed by atoms with Gasteiger partial charge in [0.25, 0.3) is 0 Å². The summed E-state index contributed by atoms with van der Waals surface area (Å²) in [7, 11) is 1.48. The lowest BCUT2D eigenvalue weighted by atomic mass is 9.86. The number of aromatic hydroxyl groups is 1. The number of hydrogen-bond donors (Lipinski definition) is 1. The Bertz CT molecular complexity index is 727. The number of benzene rings is 2. The van der Waals surface area contributed by atoms with Crippen molar-refractivity contribution in [1.29, 1.82) is 0 Å². The zero-order chi connectivity index (χ0) is 19.2. The smallest absolute Gasteiger partial charge is 0.310 e. The van der Waals surface area contributed by atoms with Gasteiger partial charge in [0.05, 0.1) is 20.1 Å². The molecule has 0 unspecified atom stereocenters. The Balaban J connectivity index is 1.75. The molecule has 0 heterocycles. The molecule has 1 N–H and O–H groups in total. The Morgan fingerprint density at radius 3 is 2.31 bits per heavy atom. The number of aryl methyl sites for hydroxylation is 1.